The predicted molar refractivity (Wildman–Crippen MR) is 97.2 cm³/mol. The number of rotatable bonds is 6. The van der Waals surface area contributed by atoms with Crippen LogP contribution in [0.3, 0.4) is 0 Å². The minimum Gasteiger partial charge on any atom is -0.494 e. The fraction of sp³-hybridized carbons (Fsp3) is 0.222. The van der Waals surface area contributed by atoms with Crippen LogP contribution in [0.4, 0.5) is 20.2 Å². The SMILES string of the molecule is CCOc1ccc(NC(=O)C(C)O)c(NC(=O)c2cc(F)c(F)cc2Cl)c1. The van der Waals surface area contributed by atoms with Gasteiger partial charge in [-0.15, -0.1) is 0 Å². The standard InChI is InChI=1S/C18H17ClF2N2O4/c1-3-27-10-4-5-15(22-17(25)9(2)24)16(6-10)23-18(26)11-7-13(20)14(21)8-12(11)19/h4-9,24H,3H2,1-2H3,(H,22,25)(H,23,26). The predicted octanol–water partition coefficient (Wildman–Crippen LogP) is 3.59. The number of halogens is 3. The highest BCUT2D eigenvalue weighted by Gasteiger charge is 2.18. The van der Waals surface area contributed by atoms with E-state index < -0.39 is 29.6 Å². The number of amides is 2. The lowest BCUT2D eigenvalue weighted by Gasteiger charge is -2.15. The summed E-state index contributed by atoms with van der Waals surface area (Å²) in [7, 11) is 0. The first-order valence-corrected chi connectivity index (χ1v) is 8.32. The molecule has 1 atom stereocenters. The summed E-state index contributed by atoms with van der Waals surface area (Å²) in [5, 5.41) is 14.0. The lowest BCUT2D eigenvalue weighted by atomic mass is 10.1. The van der Waals surface area contributed by atoms with E-state index in [0.717, 1.165) is 0 Å². The van der Waals surface area contributed by atoms with Crippen molar-refractivity contribution in [3.05, 3.63) is 52.6 Å². The summed E-state index contributed by atoms with van der Waals surface area (Å²) < 4.78 is 32.0. The number of nitrogens with one attached hydrogen (secondary N) is 2. The monoisotopic (exact) mass is 398 g/mol. The molecule has 0 aliphatic heterocycles. The average molecular weight is 399 g/mol. The number of carbonyl (C=O) groups is 2. The molecule has 0 saturated carbocycles. The maximum atomic E-state index is 13.4. The molecule has 0 spiro atoms. The normalized spacial score (nSPS) is 11.6. The second-order valence-electron chi connectivity index (χ2n) is 5.51. The minimum atomic E-state index is -1.28. The molecule has 0 saturated heterocycles. The summed E-state index contributed by atoms with van der Waals surface area (Å²) in [5.41, 5.74) is 0.0161. The summed E-state index contributed by atoms with van der Waals surface area (Å²) in [6, 6.07) is 5.83. The van der Waals surface area contributed by atoms with Gasteiger partial charge in [0, 0.05) is 6.07 Å². The second-order valence-corrected chi connectivity index (χ2v) is 5.91. The van der Waals surface area contributed by atoms with Crippen molar-refractivity contribution in [2.24, 2.45) is 0 Å². The highest BCUT2D eigenvalue weighted by atomic mass is 35.5. The van der Waals surface area contributed by atoms with Gasteiger partial charge in [-0.25, -0.2) is 8.78 Å². The van der Waals surface area contributed by atoms with Crippen molar-refractivity contribution in [2.75, 3.05) is 17.2 Å². The third kappa shape index (κ3) is 5.15. The summed E-state index contributed by atoms with van der Waals surface area (Å²) >= 11 is 5.81. The fourth-order valence-corrected chi connectivity index (χ4v) is 2.35. The highest BCUT2D eigenvalue weighted by molar-refractivity contribution is 6.34. The Balaban J connectivity index is 2.37. The van der Waals surface area contributed by atoms with Crippen LogP contribution in [0.25, 0.3) is 0 Å². The maximum absolute atomic E-state index is 13.4. The van der Waals surface area contributed by atoms with Gasteiger partial charge in [-0.1, -0.05) is 11.6 Å². The van der Waals surface area contributed by atoms with Crippen LogP contribution in [-0.4, -0.2) is 29.6 Å². The van der Waals surface area contributed by atoms with Gasteiger partial charge in [0.2, 0.25) is 0 Å². The first-order chi connectivity index (χ1) is 12.7. The Labute approximate surface area is 159 Å². The van der Waals surface area contributed by atoms with Gasteiger partial charge in [-0.3, -0.25) is 9.59 Å². The van der Waals surface area contributed by atoms with Gasteiger partial charge in [-0.2, -0.15) is 0 Å². The van der Waals surface area contributed by atoms with Crippen molar-refractivity contribution in [2.45, 2.75) is 20.0 Å². The first kappa shape index (κ1) is 20.6. The van der Waals surface area contributed by atoms with Gasteiger partial charge in [0.15, 0.2) is 11.6 Å². The van der Waals surface area contributed by atoms with E-state index in [-0.39, 0.29) is 22.0 Å². The van der Waals surface area contributed by atoms with Crippen LogP contribution < -0.4 is 15.4 Å². The van der Waals surface area contributed by atoms with Gasteiger partial charge in [0.25, 0.3) is 11.8 Å². The van der Waals surface area contributed by atoms with Gasteiger partial charge >= 0.3 is 0 Å². The Morgan fingerprint density at radius 1 is 1.15 bits per heavy atom. The Bertz CT molecular complexity index is 875. The van der Waals surface area contributed by atoms with Gasteiger partial charge in [-0.05, 0) is 38.1 Å². The van der Waals surface area contributed by atoms with Gasteiger partial charge < -0.3 is 20.5 Å². The molecule has 9 heteroatoms. The second kappa shape index (κ2) is 8.79. The number of aliphatic hydroxyl groups excluding tert-OH is 1. The van der Waals surface area contributed by atoms with Crippen molar-refractivity contribution in [3.63, 3.8) is 0 Å². The van der Waals surface area contributed by atoms with E-state index in [1.807, 2.05) is 0 Å². The van der Waals surface area contributed by atoms with E-state index in [1.54, 1.807) is 13.0 Å². The van der Waals surface area contributed by atoms with Gasteiger partial charge in [0.05, 0.1) is 28.6 Å². The summed E-state index contributed by atoms with van der Waals surface area (Å²) in [5.74, 6) is -3.52. The number of aliphatic hydroxyl groups is 1. The molecule has 0 radical (unpaired) electrons. The Kier molecular flexibility index (Phi) is 6.70. The fourth-order valence-electron chi connectivity index (χ4n) is 2.12. The molecule has 27 heavy (non-hydrogen) atoms. The van der Waals surface area contributed by atoms with Gasteiger partial charge in [0.1, 0.15) is 11.9 Å². The van der Waals surface area contributed by atoms with E-state index in [9.17, 15) is 23.5 Å². The van der Waals surface area contributed by atoms with Crippen LogP contribution >= 0.6 is 11.6 Å². The molecule has 6 nitrogen and oxygen atoms in total. The molecule has 0 aliphatic carbocycles. The largest absolute Gasteiger partial charge is 0.494 e. The van der Waals surface area contributed by atoms with Crippen LogP contribution in [0, 0.1) is 11.6 Å². The van der Waals surface area contributed by atoms with Crippen molar-refractivity contribution >= 4 is 34.8 Å². The number of hydrogen-bond acceptors (Lipinski definition) is 4. The zero-order valence-corrected chi connectivity index (χ0v) is 15.2. The Morgan fingerprint density at radius 3 is 2.44 bits per heavy atom. The molecule has 1 unspecified atom stereocenters. The molecule has 0 bridgehead atoms. The van der Waals surface area contributed by atoms with Crippen molar-refractivity contribution in [1.82, 2.24) is 0 Å². The summed E-state index contributed by atoms with van der Waals surface area (Å²) in [6.07, 6.45) is -1.28. The Morgan fingerprint density at radius 2 is 1.81 bits per heavy atom. The van der Waals surface area contributed by atoms with Crippen LogP contribution in [0.5, 0.6) is 5.75 Å². The summed E-state index contributed by atoms with van der Waals surface area (Å²) in [6.45, 7) is 3.41. The van der Waals surface area contributed by atoms with E-state index in [4.69, 9.17) is 16.3 Å². The molecular formula is C18H17ClF2N2O4. The van der Waals surface area contributed by atoms with E-state index >= 15 is 0 Å². The molecule has 0 aliphatic rings. The molecule has 3 N–H and O–H groups in total. The lowest BCUT2D eigenvalue weighted by Crippen LogP contribution is -2.25. The van der Waals surface area contributed by atoms with Crippen molar-refractivity contribution in [3.8, 4) is 5.75 Å². The van der Waals surface area contributed by atoms with E-state index in [0.29, 0.717) is 24.5 Å². The Hall–Kier alpha value is -2.71. The molecule has 2 amide bonds. The number of benzene rings is 2. The number of ether oxygens (including phenoxy) is 1. The van der Waals surface area contributed by atoms with Crippen LogP contribution in [0.1, 0.15) is 24.2 Å². The van der Waals surface area contributed by atoms with Crippen LogP contribution in [0.2, 0.25) is 5.02 Å². The molecular weight excluding hydrogens is 382 g/mol. The molecule has 0 aromatic heterocycles. The zero-order valence-electron chi connectivity index (χ0n) is 14.5. The molecule has 144 valence electrons. The van der Waals surface area contributed by atoms with Crippen LogP contribution in [0.15, 0.2) is 30.3 Å². The minimum absolute atomic E-state index is 0.126. The molecule has 0 fully saturated rings. The topological polar surface area (TPSA) is 87.7 Å². The third-order valence-corrected chi connectivity index (χ3v) is 3.75. The number of carbonyl (C=O) groups excluding carboxylic acids is 2. The third-order valence-electron chi connectivity index (χ3n) is 3.44. The quantitative estimate of drug-likeness (QED) is 0.649. The first-order valence-electron chi connectivity index (χ1n) is 7.94. The molecule has 2 aromatic carbocycles. The van der Waals surface area contributed by atoms with Crippen molar-refractivity contribution in [1.29, 1.82) is 0 Å². The highest BCUT2D eigenvalue weighted by Crippen LogP contribution is 2.29. The summed E-state index contributed by atoms with van der Waals surface area (Å²) in [4.78, 5) is 24.2. The molecule has 2 aromatic rings. The number of anilines is 2. The average Bonchev–Trinajstić information content (AvgIpc) is 2.60. The smallest absolute Gasteiger partial charge is 0.257 e. The lowest BCUT2D eigenvalue weighted by molar-refractivity contribution is -0.123. The van der Waals surface area contributed by atoms with Crippen molar-refractivity contribution < 1.29 is 28.2 Å². The maximum Gasteiger partial charge on any atom is 0.257 e. The number of hydrogen-bond donors (Lipinski definition) is 3. The van der Waals surface area contributed by atoms with E-state index in [1.165, 1.54) is 19.1 Å². The molecule has 0 heterocycles. The zero-order chi connectivity index (χ0) is 20.1. The van der Waals surface area contributed by atoms with Crippen LogP contribution in [-0.2, 0) is 4.79 Å². The molecule has 2 rings (SSSR count). The van der Waals surface area contributed by atoms with E-state index in [2.05, 4.69) is 10.6 Å².